The number of nitrogens with zero attached hydrogens (tertiary/aromatic N) is 2. The van der Waals surface area contributed by atoms with Gasteiger partial charge in [0.25, 0.3) is 0 Å². The maximum absolute atomic E-state index is 12.7. The Hall–Kier alpha value is -3.07. The van der Waals surface area contributed by atoms with Gasteiger partial charge < -0.3 is 28.8 Å². The topological polar surface area (TPSA) is 103 Å². The molecule has 9 heteroatoms. The number of carbonyl (C=O) groups excluding carboxylic acids is 2. The molecule has 0 aliphatic heterocycles. The van der Waals surface area contributed by atoms with Gasteiger partial charge >= 0.3 is 12.0 Å². The molecular weight excluding hydrogens is 366 g/mol. The molecule has 1 aromatic carbocycles. The van der Waals surface area contributed by atoms with E-state index in [9.17, 15) is 9.59 Å². The van der Waals surface area contributed by atoms with Gasteiger partial charge in [-0.25, -0.2) is 14.6 Å². The van der Waals surface area contributed by atoms with Crippen LogP contribution in [0, 0.1) is 0 Å². The van der Waals surface area contributed by atoms with Crippen molar-refractivity contribution in [3.63, 3.8) is 0 Å². The molecule has 1 aromatic heterocycles. The molecule has 2 rings (SSSR count). The average molecular weight is 391 g/mol. The second-order valence-corrected chi connectivity index (χ2v) is 5.75. The van der Waals surface area contributed by atoms with Crippen molar-refractivity contribution in [2.24, 2.45) is 0 Å². The van der Waals surface area contributed by atoms with Gasteiger partial charge in [0.15, 0.2) is 5.69 Å². The average Bonchev–Trinajstić information content (AvgIpc) is 3.18. The van der Waals surface area contributed by atoms with Gasteiger partial charge in [-0.15, -0.1) is 0 Å². The lowest BCUT2D eigenvalue weighted by molar-refractivity contribution is 0.0594. The fourth-order valence-electron chi connectivity index (χ4n) is 2.40. The largest absolute Gasteiger partial charge is 0.497 e. The van der Waals surface area contributed by atoms with Gasteiger partial charge in [0.1, 0.15) is 12.0 Å². The van der Waals surface area contributed by atoms with Crippen molar-refractivity contribution in [3.05, 3.63) is 42.1 Å². The highest BCUT2D eigenvalue weighted by atomic mass is 16.5. The summed E-state index contributed by atoms with van der Waals surface area (Å²) in [5.74, 6) is 0.271. The highest BCUT2D eigenvalue weighted by Gasteiger charge is 2.19. The first-order valence-corrected chi connectivity index (χ1v) is 8.87. The van der Waals surface area contributed by atoms with Crippen LogP contribution in [0.1, 0.15) is 29.7 Å². The molecule has 0 spiro atoms. The third-order valence-corrected chi connectivity index (χ3v) is 3.80. The van der Waals surface area contributed by atoms with Crippen LogP contribution in [0.25, 0.3) is 0 Å². The van der Waals surface area contributed by atoms with Crippen LogP contribution in [0.4, 0.5) is 10.5 Å². The number of hydrogen-bond donors (Lipinski definition) is 1. The lowest BCUT2D eigenvalue weighted by Gasteiger charge is -2.22. The molecule has 1 N–H and O–H groups in total. The monoisotopic (exact) mass is 391 g/mol. The predicted octanol–water partition coefficient (Wildman–Crippen LogP) is 2.93. The number of esters is 1. The molecule has 152 valence electrons. The number of methoxy groups -OCH3 is 2. The summed E-state index contributed by atoms with van der Waals surface area (Å²) in [5.41, 5.74) is 0.654. The summed E-state index contributed by atoms with van der Waals surface area (Å²) >= 11 is 0. The highest BCUT2D eigenvalue weighted by molar-refractivity contribution is 5.89. The Morgan fingerprint density at radius 1 is 1.29 bits per heavy atom. The standard InChI is InChI=1S/C19H25N3O6/c1-4-27-10-6-9-22(12-17-21-16(13-28-17)18(23)26-3)19(24)20-14-7-5-8-15(11-14)25-2/h5,7-8,11,13H,4,6,9-10,12H2,1-3H3,(H,20,24). The molecule has 0 saturated carbocycles. The van der Waals surface area contributed by atoms with E-state index >= 15 is 0 Å². The molecule has 2 amide bonds. The molecule has 28 heavy (non-hydrogen) atoms. The van der Waals surface area contributed by atoms with Crippen LogP contribution in [-0.2, 0) is 16.0 Å². The number of aromatic nitrogens is 1. The van der Waals surface area contributed by atoms with E-state index in [0.717, 1.165) is 0 Å². The number of anilines is 1. The number of amides is 2. The normalized spacial score (nSPS) is 10.4. The Morgan fingerprint density at radius 2 is 2.11 bits per heavy atom. The first-order chi connectivity index (χ1) is 13.6. The molecule has 1 heterocycles. The third kappa shape index (κ3) is 6.27. The summed E-state index contributed by atoms with van der Waals surface area (Å²) in [6, 6.07) is 6.72. The van der Waals surface area contributed by atoms with E-state index < -0.39 is 5.97 Å². The third-order valence-electron chi connectivity index (χ3n) is 3.80. The van der Waals surface area contributed by atoms with E-state index in [4.69, 9.17) is 13.9 Å². The van der Waals surface area contributed by atoms with Crippen LogP contribution in [0.5, 0.6) is 5.75 Å². The minimum absolute atomic E-state index is 0.0555. The maximum Gasteiger partial charge on any atom is 0.360 e. The van der Waals surface area contributed by atoms with E-state index in [-0.39, 0.29) is 24.2 Å². The Labute approximate surface area is 163 Å². The molecule has 0 aliphatic carbocycles. The summed E-state index contributed by atoms with van der Waals surface area (Å²) < 4.78 is 20.4. The molecule has 0 fully saturated rings. The lowest BCUT2D eigenvalue weighted by atomic mass is 10.3. The van der Waals surface area contributed by atoms with Gasteiger partial charge in [-0.2, -0.15) is 0 Å². The maximum atomic E-state index is 12.7. The Morgan fingerprint density at radius 3 is 2.82 bits per heavy atom. The van der Waals surface area contributed by atoms with E-state index in [0.29, 0.717) is 37.6 Å². The van der Waals surface area contributed by atoms with Crippen LogP contribution < -0.4 is 10.1 Å². The minimum atomic E-state index is -0.598. The molecule has 0 atom stereocenters. The van der Waals surface area contributed by atoms with Gasteiger partial charge in [-0.1, -0.05) is 6.07 Å². The summed E-state index contributed by atoms with van der Waals surface area (Å²) in [7, 11) is 2.82. The molecule has 0 aliphatic rings. The lowest BCUT2D eigenvalue weighted by Crippen LogP contribution is -2.35. The molecule has 9 nitrogen and oxygen atoms in total. The van der Waals surface area contributed by atoms with Gasteiger partial charge in [0, 0.05) is 31.5 Å². The summed E-state index contributed by atoms with van der Waals surface area (Å²) in [6.45, 7) is 3.57. The van der Waals surface area contributed by atoms with E-state index in [1.807, 2.05) is 6.92 Å². The zero-order chi connectivity index (χ0) is 20.4. The SMILES string of the molecule is CCOCCCN(Cc1nc(C(=O)OC)co1)C(=O)Nc1cccc(OC)c1. The number of hydrogen-bond acceptors (Lipinski definition) is 7. The molecular formula is C19H25N3O6. The van der Waals surface area contributed by atoms with Crippen LogP contribution in [0.2, 0.25) is 0 Å². The first-order valence-electron chi connectivity index (χ1n) is 8.87. The Balaban J connectivity index is 2.07. The quantitative estimate of drug-likeness (QED) is 0.490. The summed E-state index contributed by atoms with van der Waals surface area (Å²) in [6.07, 6.45) is 1.85. The van der Waals surface area contributed by atoms with Crippen molar-refractivity contribution in [3.8, 4) is 5.75 Å². The Bertz CT molecular complexity index is 777. The summed E-state index contributed by atoms with van der Waals surface area (Å²) in [5, 5.41) is 2.82. The number of oxazole rings is 1. The van der Waals surface area contributed by atoms with Crippen molar-refractivity contribution < 1.29 is 28.2 Å². The van der Waals surface area contributed by atoms with Crippen molar-refractivity contribution in [2.45, 2.75) is 19.9 Å². The van der Waals surface area contributed by atoms with E-state index in [2.05, 4.69) is 15.0 Å². The predicted molar refractivity (Wildman–Crippen MR) is 101 cm³/mol. The van der Waals surface area contributed by atoms with Gasteiger partial charge in [-0.3, -0.25) is 0 Å². The number of ether oxygens (including phenoxy) is 3. The van der Waals surface area contributed by atoms with Gasteiger partial charge in [0.05, 0.1) is 20.8 Å². The fourth-order valence-corrected chi connectivity index (χ4v) is 2.40. The van der Waals surface area contributed by atoms with Crippen LogP contribution in [0.15, 0.2) is 34.9 Å². The van der Waals surface area contributed by atoms with Crippen LogP contribution >= 0.6 is 0 Å². The molecule has 0 saturated heterocycles. The van der Waals surface area contributed by atoms with Crippen LogP contribution in [-0.4, -0.2) is 55.9 Å². The summed E-state index contributed by atoms with van der Waals surface area (Å²) in [4.78, 5) is 29.9. The Kier molecular flexibility index (Phi) is 8.29. The smallest absolute Gasteiger partial charge is 0.360 e. The minimum Gasteiger partial charge on any atom is -0.497 e. The van der Waals surface area contributed by atoms with Crippen molar-refractivity contribution in [1.82, 2.24) is 9.88 Å². The molecule has 0 radical (unpaired) electrons. The van der Waals surface area contributed by atoms with Gasteiger partial charge in [0.2, 0.25) is 5.89 Å². The number of rotatable bonds is 10. The van der Waals surface area contributed by atoms with Gasteiger partial charge in [-0.05, 0) is 25.5 Å². The van der Waals surface area contributed by atoms with Crippen molar-refractivity contribution in [2.75, 3.05) is 39.3 Å². The molecule has 2 aromatic rings. The molecule has 0 bridgehead atoms. The van der Waals surface area contributed by atoms with Crippen molar-refractivity contribution >= 4 is 17.7 Å². The molecule has 0 unspecified atom stereocenters. The number of urea groups is 1. The number of nitrogens with one attached hydrogen (secondary N) is 1. The second kappa shape index (κ2) is 10.9. The number of benzene rings is 1. The fraction of sp³-hybridized carbons (Fsp3) is 0.421. The zero-order valence-corrected chi connectivity index (χ0v) is 16.3. The first kappa shape index (κ1) is 21.2. The van der Waals surface area contributed by atoms with E-state index in [1.54, 1.807) is 31.4 Å². The van der Waals surface area contributed by atoms with E-state index in [1.165, 1.54) is 18.3 Å². The van der Waals surface area contributed by atoms with Crippen LogP contribution in [0.3, 0.4) is 0 Å². The number of carbonyl (C=O) groups is 2. The second-order valence-electron chi connectivity index (χ2n) is 5.75. The zero-order valence-electron chi connectivity index (χ0n) is 16.3. The highest BCUT2D eigenvalue weighted by Crippen LogP contribution is 2.18. The van der Waals surface area contributed by atoms with Crippen molar-refractivity contribution in [1.29, 1.82) is 0 Å².